The molecule has 3 aromatic rings. The van der Waals surface area contributed by atoms with E-state index in [1.54, 1.807) is 22.7 Å². The van der Waals surface area contributed by atoms with Gasteiger partial charge in [0.25, 0.3) is 15.8 Å². The van der Waals surface area contributed by atoms with E-state index >= 15 is 0 Å². The quantitative estimate of drug-likeness (QED) is 0.672. The van der Waals surface area contributed by atoms with Crippen molar-refractivity contribution >= 4 is 33.1 Å². The number of nitrogens with zero attached hydrogens (tertiary/aromatic N) is 7. The van der Waals surface area contributed by atoms with Gasteiger partial charge in [0.15, 0.2) is 0 Å². The lowest BCUT2D eigenvalue weighted by molar-refractivity contribution is 0.290. The van der Waals surface area contributed by atoms with Crippen LogP contribution in [-0.2, 0) is 10.0 Å². The summed E-state index contributed by atoms with van der Waals surface area (Å²) in [5, 5.41) is 7.43. The Hall–Kier alpha value is -3.05. The number of aryl methyl sites for hydroxylation is 1. The maximum absolute atomic E-state index is 12.4. The summed E-state index contributed by atoms with van der Waals surface area (Å²) >= 11 is 0. The third-order valence-electron chi connectivity index (χ3n) is 5.11. The fraction of sp³-hybridized carbons (Fsp3) is 0.333. The van der Waals surface area contributed by atoms with Gasteiger partial charge < -0.3 is 10.2 Å². The van der Waals surface area contributed by atoms with Crippen molar-refractivity contribution < 1.29 is 8.42 Å². The standard InChI is InChI=1S/C18H20N8O2S/c1-13-10-17(26-18(21-13)19-12-20-26)25-8-6-24(7-9-25)11-16-22-14-4-2-3-5-15(14)29(27,28)23-16/h2-5,10,12H,6-9,11H2,1H3,(H,22,23). The van der Waals surface area contributed by atoms with E-state index in [4.69, 9.17) is 0 Å². The minimum Gasteiger partial charge on any atom is -0.354 e. The van der Waals surface area contributed by atoms with Gasteiger partial charge in [0.05, 0.1) is 12.2 Å². The van der Waals surface area contributed by atoms with Crippen molar-refractivity contribution in [3.8, 4) is 0 Å². The van der Waals surface area contributed by atoms with Crippen LogP contribution in [0.5, 0.6) is 0 Å². The third-order valence-corrected chi connectivity index (χ3v) is 6.48. The first-order chi connectivity index (χ1) is 14.0. The molecule has 0 atom stereocenters. The van der Waals surface area contributed by atoms with Crippen molar-refractivity contribution in [1.82, 2.24) is 24.5 Å². The Kier molecular flexibility index (Phi) is 4.21. The summed E-state index contributed by atoms with van der Waals surface area (Å²) in [7, 11) is -3.66. The molecule has 4 heterocycles. The summed E-state index contributed by atoms with van der Waals surface area (Å²) in [6, 6.07) is 8.84. The number of hydrogen-bond acceptors (Lipinski definition) is 8. The number of piperazine rings is 1. The van der Waals surface area contributed by atoms with E-state index in [0.29, 0.717) is 23.8 Å². The molecule has 2 aromatic heterocycles. The third kappa shape index (κ3) is 3.32. The summed E-state index contributed by atoms with van der Waals surface area (Å²) in [4.78, 5) is 13.2. The molecule has 2 aliphatic heterocycles. The number of fused-ring (bicyclic) bond motifs is 2. The molecular formula is C18H20N8O2S. The predicted octanol–water partition coefficient (Wildman–Crippen LogP) is 0.768. The number of nitrogens with one attached hydrogen (secondary N) is 1. The lowest BCUT2D eigenvalue weighted by Crippen LogP contribution is -2.49. The molecule has 150 valence electrons. The Balaban J connectivity index is 1.29. The van der Waals surface area contributed by atoms with Crippen LogP contribution in [0, 0.1) is 6.92 Å². The summed E-state index contributed by atoms with van der Waals surface area (Å²) in [5.41, 5.74) is 1.48. The number of benzene rings is 1. The van der Waals surface area contributed by atoms with Crippen molar-refractivity contribution in [1.29, 1.82) is 0 Å². The summed E-state index contributed by atoms with van der Waals surface area (Å²) in [5.74, 6) is 2.01. The molecule has 29 heavy (non-hydrogen) atoms. The van der Waals surface area contributed by atoms with Gasteiger partial charge in [-0.2, -0.15) is 23.0 Å². The molecule has 11 heteroatoms. The number of aromatic nitrogens is 4. The van der Waals surface area contributed by atoms with Crippen molar-refractivity contribution in [2.75, 3.05) is 42.9 Å². The van der Waals surface area contributed by atoms with Crippen LogP contribution in [0.25, 0.3) is 5.78 Å². The van der Waals surface area contributed by atoms with Crippen LogP contribution in [-0.4, -0.2) is 71.5 Å². The van der Waals surface area contributed by atoms with Gasteiger partial charge in [-0.05, 0) is 19.1 Å². The molecule has 2 aliphatic rings. The zero-order valence-corrected chi connectivity index (χ0v) is 16.7. The van der Waals surface area contributed by atoms with Gasteiger partial charge >= 0.3 is 0 Å². The highest BCUT2D eigenvalue weighted by Crippen LogP contribution is 2.27. The van der Waals surface area contributed by atoms with Gasteiger partial charge in [-0.15, -0.1) is 4.40 Å². The van der Waals surface area contributed by atoms with E-state index in [1.807, 2.05) is 19.1 Å². The molecule has 1 saturated heterocycles. The Bertz CT molecular complexity index is 1210. The molecule has 1 N–H and O–H groups in total. The number of anilines is 2. The van der Waals surface area contributed by atoms with E-state index in [1.165, 1.54) is 6.33 Å². The largest absolute Gasteiger partial charge is 0.354 e. The molecule has 0 amide bonds. The van der Waals surface area contributed by atoms with Crippen molar-refractivity contribution in [2.24, 2.45) is 4.40 Å². The van der Waals surface area contributed by atoms with E-state index in [2.05, 4.69) is 34.6 Å². The summed E-state index contributed by atoms with van der Waals surface area (Å²) in [6.45, 7) is 5.53. The molecule has 0 saturated carbocycles. The molecule has 0 unspecified atom stereocenters. The first-order valence-corrected chi connectivity index (χ1v) is 10.8. The number of para-hydroxylation sites is 1. The van der Waals surface area contributed by atoms with Gasteiger partial charge in [-0.1, -0.05) is 12.1 Å². The molecule has 0 bridgehead atoms. The normalized spacial score (nSPS) is 18.9. The Morgan fingerprint density at radius 3 is 2.76 bits per heavy atom. The minimum atomic E-state index is -3.66. The number of amidine groups is 1. The van der Waals surface area contributed by atoms with E-state index < -0.39 is 10.0 Å². The Morgan fingerprint density at radius 2 is 1.93 bits per heavy atom. The van der Waals surface area contributed by atoms with Gasteiger partial charge in [-0.25, -0.2) is 4.98 Å². The first-order valence-electron chi connectivity index (χ1n) is 9.34. The summed E-state index contributed by atoms with van der Waals surface area (Å²) < 4.78 is 30.5. The number of rotatable bonds is 3. The van der Waals surface area contributed by atoms with E-state index in [0.717, 1.165) is 37.7 Å². The molecule has 1 fully saturated rings. The molecule has 0 aliphatic carbocycles. The molecule has 0 spiro atoms. The molecular weight excluding hydrogens is 392 g/mol. The van der Waals surface area contributed by atoms with Crippen LogP contribution in [0.3, 0.4) is 0 Å². The zero-order valence-electron chi connectivity index (χ0n) is 15.9. The van der Waals surface area contributed by atoms with Gasteiger partial charge in [-0.3, -0.25) is 4.90 Å². The Morgan fingerprint density at radius 1 is 1.14 bits per heavy atom. The Labute approximate surface area is 168 Å². The second kappa shape index (κ2) is 6.78. The lowest BCUT2D eigenvalue weighted by Gasteiger charge is -2.36. The highest BCUT2D eigenvalue weighted by Gasteiger charge is 2.27. The lowest BCUT2D eigenvalue weighted by atomic mass is 10.2. The van der Waals surface area contributed by atoms with Crippen LogP contribution in [0.1, 0.15) is 5.69 Å². The zero-order chi connectivity index (χ0) is 20.0. The van der Waals surface area contributed by atoms with Crippen molar-refractivity contribution in [2.45, 2.75) is 11.8 Å². The van der Waals surface area contributed by atoms with Gasteiger partial charge in [0, 0.05) is 37.9 Å². The van der Waals surface area contributed by atoms with Crippen LogP contribution >= 0.6 is 0 Å². The highest BCUT2D eigenvalue weighted by molar-refractivity contribution is 7.90. The van der Waals surface area contributed by atoms with E-state index in [-0.39, 0.29) is 4.90 Å². The van der Waals surface area contributed by atoms with Crippen molar-refractivity contribution in [3.63, 3.8) is 0 Å². The van der Waals surface area contributed by atoms with Gasteiger partial charge in [0.2, 0.25) is 0 Å². The number of hydrogen-bond donors (Lipinski definition) is 1. The average Bonchev–Trinajstić information content (AvgIpc) is 3.16. The van der Waals surface area contributed by atoms with Crippen LogP contribution in [0.15, 0.2) is 46.0 Å². The predicted molar refractivity (Wildman–Crippen MR) is 109 cm³/mol. The highest BCUT2D eigenvalue weighted by atomic mass is 32.2. The molecule has 5 rings (SSSR count). The monoisotopic (exact) mass is 412 g/mol. The minimum absolute atomic E-state index is 0.221. The molecule has 0 radical (unpaired) electrons. The van der Waals surface area contributed by atoms with Crippen molar-refractivity contribution in [3.05, 3.63) is 42.4 Å². The maximum atomic E-state index is 12.4. The van der Waals surface area contributed by atoms with Gasteiger partial charge in [0.1, 0.15) is 22.9 Å². The van der Waals surface area contributed by atoms with E-state index in [9.17, 15) is 8.42 Å². The smallest absolute Gasteiger partial charge is 0.286 e. The molecule has 10 nitrogen and oxygen atoms in total. The fourth-order valence-electron chi connectivity index (χ4n) is 3.72. The second-order valence-corrected chi connectivity index (χ2v) is 8.70. The molecule has 1 aromatic carbocycles. The average molecular weight is 412 g/mol. The van der Waals surface area contributed by atoms with Crippen LogP contribution in [0.4, 0.5) is 11.5 Å². The SMILES string of the molecule is Cc1cc(N2CCN(CC3=NS(=O)(=O)c4ccccc4N3)CC2)n2ncnc2n1. The first kappa shape index (κ1) is 18.0. The van der Waals surface area contributed by atoms with Crippen LogP contribution in [0.2, 0.25) is 0 Å². The topological polar surface area (TPSA) is 108 Å². The van der Waals surface area contributed by atoms with Crippen LogP contribution < -0.4 is 10.2 Å². The fourth-order valence-corrected chi connectivity index (χ4v) is 4.86. The second-order valence-electron chi connectivity index (χ2n) is 7.12. The maximum Gasteiger partial charge on any atom is 0.286 e. The summed E-state index contributed by atoms with van der Waals surface area (Å²) in [6.07, 6.45) is 1.51. The number of sulfonamides is 1.